The molecule has 25 heavy (non-hydrogen) atoms. The number of hydrogen-bond acceptors (Lipinski definition) is 5. The predicted molar refractivity (Wildman–Crippen MR) is 95.8 cm³/mol. The van der Waals surface area contributed by atoms with Crippen LogP contribution >= 0.6 is 0 Å². The predicted octanol–water partition coefficient (Wildman–Crippen LogP) is 3.14. The fraction of sp³-hybridized carbons (Fsp3) is 0.211. The monoisotopic (exact) mass is 331 g/mol. The Hall–Kier alpha value is -3.15. The lowest BCUT2D eigenvalue weighted by molar-refractivity contribution is 0.419. The molecule has 2 aromatic heterocycles. The second-order valence-corrected chi connectivity index (χ2v) is 6.39. The normalized spacial score (nSPS) is 19.4. The summed E-state index contributed by atoms with van der Waals surface area (Å²) in [5.41, 5.74) is 8.90. The van der Waals surface area contributed by atoms with Crippen molar-refractivity contribution in [3.63, 3.8) is 0 Å². The molecular formula is C19H17N5O. The average Bonchev–Trinajstić information content (AvgIpc) is 3.32. The summed E-state index contributed by atoms with van der Waals surface area (Å²) in [7, 11) is 1.63. The summed E-state index contributed by atoms with van der Waals surface area (Å²) in [5.74, 6) is 2.65. The van der Waals surface area contributed by atoms with Crippen LogP contribution in [0.15, 0.2) is 48.5 Å². The quantitative estimate of drug-likeness (QED) is 0.624. The molecule has 1 saturated carbocycles. The summed E-state index contributed by atoms with van der Waals surface area (Å²) in [6, 6.07) is 16.3. The molecule has 0 aliphatic heterocycles. The third kappa shape index (κ3) is 2.14. The fourth-order valence-electron chi connectivity index (χ4n) is 3.51. The largest absolute Gasteiger partial charge is 0.494 e. The van der Waals surface area contributed by atoms with E-state index >= 15 is 0 Å². The second-order valence-electron chi connectivity index (χ2n) is 6.39. The highest BCUT2D eigenvalue weighted by Gasteiger charge is 2.42. The number of nitrogens with zero attached hydrogens (tertiary/aromatic N) is 4. The minimum Gasteiger partial charge on any atom is -0.494 e. The number of rotatable bonds is 3. The first-order chi connectivity index (χ1) is 12.3. The Labute approximate surface area is 144 Å². The standard InChI is InChI=1S/C19H17N5O/c1-25-15-9-5-8-12-16(15)21-19(20)24-18(12)22-17(23-24)14-10-13(14)11-6-3-2-4-7-11/h2-9,13-14H,10H2,1H3,(H2,20,21). The molecule has 2 atom stereocenters. The molecule has 0 radical (unpaired) electrons. The number of para-hydroxylation sites is 1. The van der Waals surface area contributed by atoms with Crippen LogP contribution in [-0.4, -0.2) is 26.7 Å². The molecule has 2 N–H and O–H groups in total. The summed E-state index contributed by atoms with van der Waals surface area (Å²) >= 11 is 0. The van der Waals surface area contributed by atoms with Gasteiger partial charge in [0.25, 0.3) is 0 Å². The van der Waals surface area contributed by atoms with Gasteiger partial charge in [-0.3, -0.25) is 0 Å². The van der Waals surface area contributed by atoms with E-state index in [0.717, 1.165) is 23.3 Å². The molecule has 2 unspecified atom stereocenters. The van der Waals surface area contributed by atoms with Crippen molar-refractivity contribution >= 4 is 22.5 Å². The maximum absolute atomic E-state index is 6.12. The summed E-state index contributed by atoms with van der Waals surface area (Å²) in [6.07, 6.45) is 1.06. The highest BCUT2D eigenvalue weighted by Crippen LogP contribution is 2.53. The fourth-order valence-corrected chi connectivity index (χ4v) is 3.51. The summed E-state index contributed by atoms with van der Waals surface area (Å²) in [4.78, 5) is 9.25. The molecule has 1 aliphatic rings. The number of anilines is 1. The number of ether oxygens (including phenoxy) is 1. The van der Waals surface area contributed by atoms with Crippen molar-refractivity contribution in [2.45, 2.75) is 18.3 Å². The molecule has 2 heterocycles. The second kappa shape index (κ2) is 5.17. The topological polar surface area (TPSA) is 78.3 Å². The van der Waals surface area contributed by atoms with Gasteiger partial charge in [0.15, 0.2) is 11.5 Å². The van der Waals surface area contributed by atoms with Gasteiger partial charge in [-0.15, -0.1) is 5.10 Å². The van der Waals surface area contributed by atoms with Crippen molar-refractivity contribution in [2.75, 3.05) is 12.8 Å². The minimum absolute atomic E-state index is 0.322. The zero-order valence-corrected chi connectivity index (χ0v) is 13.8. The van der Waals surface area contributed by atoms with E-state index in [0.29, 0.717) is 29.1 Å². The van der Waals surface area contributed by atoms with Crippen molar-refractivity contribution in [2.24, 2.45) is 0 Å². The Morgan fingerprint density at radius 2 is 1.88 bits per heavy atom. The third-order valence-corrected chi connectivity index (χ3v) is 4.88. The number of nitrogens with two attached hydrogens (primary N) is 1. The molecule has 0 bridgehead atoms. The van der Waals surface area contributed by atoms with Gasteiger partial charge >= 0.3 is 0 Å². The van der Waals surface area contributed by atoms with Gasteiger partial charge in [0.05, 0.1) is 7.11 Å². The highest BCUT2D eigenvalue weighted by atomic mass is 16.5. The molecule has 124 valence electrons. The van der Waals surface area contributed by atoms with Crippen LogP contribution < -0.4 is 10.5 Å². The van der Waals surface area contributed by atoms with Crippen LogP contribution in [0.1, 0.15) is 29.6 Å². The van der Waals surface area contributed by atoms with Crippen molar-refractivity contribution in [1.29, 1.82) is 0 Å². The van der Waals surface area contributed by atoms with Gasteiger partial charge in [0.1, 0.15) is 11.3 Å². The summed E-state index contributed by atoms with van der Waals surface area (Å²) in [6.45, 7) is 0. The Bertz CT molecular complexity index is 1090. The van der Waals surface area contributed by atoms with E-state index in [1.165, 1.54) is 5.56 Å². The summed E-state index contributed by atoms with van der Waals surface area (Å²) < 4.78 is 7.03. The first-order valence-electron chi connectivity index (χ1n) is 8.30. The smallest absolute Gasteiger partial charge is 0.223 e. The molecule has 0 saturated heterocycles. The Morgan fingerprint density at radius 1 is 1.04 bits per heavy atom. The number of nitrogen functional groups attached to an aromatic ring is 1. The number of hydrogen-bond donors (Lipinski definition) is 1. The molecule has 4 aromatic rings. The van der Waals surface area contributed by atoms with Gasteiger partial charge in [0, 0.05) is 11.3 Å². The molecule has 0 amide bonds. The minimum atomic E-state index is 0.322. The molecular weight excluding hydrogens is 314 g/mol. The van der Waals surface area contributed by atoms with Gasteiger partial charge in [-0.25, -0.2) is 9.97 Å². The van der Waals surface area contributed by atoms with Crippen LogP contribution in [0, 0.1) is 0 Å². The Morgan fingerprint density at radius 3 is 2.68 bits per heavy atom. The van der Waals surface area contributed by atoms with E-state index in [2.05, 4.69) is 34.3 Å². The van der Waals surface area contributed by atoms with Crippen LogP contribution in [0.4, 0.5) is 5.95 Å². The van der Waals surface area contributed by atoms with Crippen molar-refractivity contribution < 1.29 is 4.74 Å². The van der Waals surface area contributed by atoms with Gasteiger partial charge < -0.3 is 10.5 Å². The van der Waals surface area contributed by atoms with E-state index in [-0.39, 0.29) is 0 Å². The molecule has 6 nitrogen and oxygen atoms in total. The van der Waals surface area contributed by atoms with E-state index < -0.39 is 0 Å². The van der Waals surface area contributed by atoms with Crippen LogP contribution in [0.2, 0.25) is 0 Å². The van der Waals surface area contributed by atoms with Crippen LogP contribution in [0.5, 0.6) is 5.75 Å². The zero-order chi connectivity index (χ0) is 17.0. The maximum Gasteiger partial charge on any atom is 0.223 e. The van der Waals surface area contributed by atoms with E-state index in [9.17, 15) is 0 Å². The van der Waals surface area contributed by atoms with E-state index in [1.54, 1.807) is 11.6 Å². The molecule has 1 fully saturated rings. The van der Waals surface area contributed by atoms with Gasteiger partial charge in [0.2, 0.25) is 5.95 Å². The van der Waals surface area contributed by atoms with E-state index in [1.807, 2.05) is 24.3 Å². The van der Waals surface area contributed by atoms with Crippen LogP contribution in [0.3, 0.4) is 0 Å². The molecule has 5 rings (SSSR count). The molecule has 2 aromatic carbocycles. The zero-order valence-electron chi connectivity index (χ0n) is 13.8. The van der Waals surface area contributed by atoms with Crippen LogP contribution in [-0.2, 0) is 0 Å². The number of aromatic nitrogens is 4. The number of methoxy groups -OCH3 is 1. The number of benzene rings is 2. The van der Waals surface area contributed by atoms with Crippen LogP contribution in [0.25, 0.3) is 16.6 Å². The lowest BCUT2D eigenvalue weighted by Crippen LogP contribution is -2.03. The molecule has 0 spiro atoms. The average molecular weight is 331 g/mol. The highest BCUT2D eigenvalue weighted by molar-refractivity contribution is 5.95. The number of fused-ring (bicyclic) bond motifs is 3. The van der Waals surface area contributed by atoms with Crippen molar-refractivity contribution in [3.8, 4) is 5.75 Å². The lowest BCUT2D eigenvalue weighted by Gasteiger charge is -2.06. The first kappa shape index (κ1) is 14.2. The first-order valence-corrected chi connectivity index (χ1v) is 8.30. The molecule has 1 aliphatic carbocycles. The van der Waals surface area contributed by atoms with Crippen molar-refractivity contribution in [1.82, 2.24) is 19.6 Å². The third-order valence-electron chi connectivity index (χ3n) is 4.88. The Balaban J connectivity index is 1.63. The molecule has 6 heteroatoms. The maximum atomic E-state index is 6.12. The van der Waals surface area contributed by atoms with Crippen molar-refractivity contribution in [3.05, 3.63) is 59.9 Å². The van der Waals surface area contributed by atoms with Gasteiger partial charge in [-0.1, -0.05) is 36.4 Å². The SMILES string of the molecule is COc1cccc2c1nc(N)n1nc(C3CC3c3ccccc3)nc21. The van der Waals surface area contributed by atoms with E-state index in [4.69, 9.17) is 15.5 Å². The van der Waals surface area contributed by atoms with Gasteiger partial charge in [-0.2, -0.15) is 4.52 Å². The lowest BCUT2D eigenvalue weighted by atomic mass is 10.1. The van der Waals surface area contributed by atoms with Gasteiger partial charge in [-0.05, 0) is 30.0 Å². The Kier molecular flexibility index (Phi) is 2.94. The summed E-state index contributed by atoms with van der Waals surface area (Å²) in [5, 5.41) is 5.53.